The third-order valence-electron chi connectivity index (χ3n) is 3.09. The van der Waals surface area contributed by atoms with Gasteiger partial charge in [0.05, 0.1) is 10.6 Å². The van der Waals surface area contributed by atoms with Gasteiger partial charge in [0.25, 0.3) is 10.0 Å². The maximum atomic E-state index is 13.1. The highest BCUT2D eigenvalue weighted by Gasteiger charge is 2.20. The van der Waals surface area contributed by atoms with Crippen molar-refractivity contribution in [2.24, 2.45) is 0 Å². The number of nitrogens with two attached hydrogens (primary N) is 1. The highest BCUT2D eigenvalue weighted by atomic mass is 35.5. The third kappa shape index (κ3) is 3.28. The summed E-state index contributed by atoms with van der Waals surface area (Å²) in [6.07, 6.45) is 0. The average Bonchev–Trinajstić information content (AvgIpc) is 2.37. The van der Waals surface area contributed by atoms with Gasteiger partial charge in [-0.2, -0.15) is 0 Å². The van der Waals surface area contributed by atoms with Gasteiger partial charge in [0.2, 0.25) is 0 Å². The van der Waals surface area contributed by atoms with Crippen molar-refractivity contribution < 1.29 is 12.8 Å². The minimum atomic E-state index is -3.86. The van der Waals surface area contributed by atoms with E-state index in [0.717, 1.165) is 0 Å². The van der Waals surface area contributed by atoms with Crippen LogP contribution in [0.4, 0.5) is 15.8 Å². The third-order valence-corrected chi connectivity index (χ3v) is 4.80. The van der Waals surface area contributed by atoms with Crippen molar-refractivity contribution in [1.82, 2.24) is 0 Å². The van der Waals surface area contributed by atoms with Gasteiger partial charge in [0.15, 0.2) is 0 Å². The van der Waals surface area contributed by atoms with Gasteiger partial charge in [-0.05, 0) is 55.3 Å². The van der Waals surface area contributed by atoms with Crippen molar-refractivity contribution in [2.45, 2.75) is 18.7 Å². The summed E-state index contributed by atoms with van der Waals surface area (Å²) in [4.78, 5) is -0.00350. The lowest BCUT2D eigenvalue weighted by atomic mass is 10.2. The molecule has 4 nitrogen and oxygen atoms in total. The average molecular weight is 329 g/mol. The van der Waals surface area contributed by atoms with Gasteiger partial charge in [-0.25, -0.2) is 12.8 Å². The maximum Gasteiger partial charge on any atom is 0.262 e. The van der Waals surface area contributed by atoms with Gasteiger partial charge >= 0.3 is 0 Å². The molecule has 0 saturated carbocycles. The number of rotatable bonds is 3. The zero-order chi connectivity index (χ0) is 15.8. The minimum absolute atomic E-state index is 0.00350. The van der Waals surface area contributed by atoms with E-state index in [0.29, 0.717) is 22.5 Å². The van der Waals surface area contributed by atoms with Crippen LogP contribution >= 0.6 is 11.6 Å². The lowest BCUT2D eigenvalue weighted by Gasteiger charge is -2.14. The van der Waals surface area contributed by atoms with Gasteiger partial charge in [-0.3, -0.25) is 4.72 Å². The minimum Gasteiger partial charge on any atom is -0.398 e. The lowest BCUT2D eigenvalue weighted by Crippen LogP contribution is -2.15. The number of halogens is 2. The molecule has 0 amide bonds. The van der Waals surface area contributed by atoms with E-state index in [-0.39, 0.29) is 9.92 Å². The second-order valence-corrected chi connectivity index (χ2v) is 6.77. The number of nitrogen functional groups attached to an aromatic ring is 1. The maximum absolute atomic E-state index is 13.1. The van der Waals surface area contributed by atoms with E-state index in [2.05, 4.69) is 4.72 Å². The Morgan fingerprint density at radius 2 is 1.86 bits per heavy atom. The smallest absolute Gasteiger partial charge is 0.262 e. The molecule has 2 aromatic rings. The molecule has 0 aliphatic rings. The molecule has 0 fully saturated rings. The molecular weight excluding hydrogens is 315 g/mol. The molecule has 0 radical (unpaired) electrons. The summed E-state index contributed by atoms with van der Waals surface area (Å²) in [5.74, 6) is -0.432. The molecule has 0 aromatic heterocycles. The Hall–Kier alpha value is -1.79. The second-order valence-electron chi connectivity index (χ2n) is 4.68. The van der Waals surface area contributed by atoms with E-state index in [4.69, 9.17) is 17.3 Å². The van der Waals surface area contributed by atoms with Gasteiger partial charge in [0, 0.05) is 10.7 Å². The van der Waals surface area contributed by atoms with Crippen molar-refractivity contribution >= 4 is 33.0 Å². The molecule has 112 valence electrons. The fourth-order valence-electron chi connectivity index (χ4n) is 1.89. The van der Waals surface area contributed by atoms with E-state index >= 15 is 0 Å². The summed E-state index contributed by atoms with van der Waals surface area (Å²) in [6, 6.07) is 6.61. The van der Waals surface area contributed by atoms with Gasteiger partial charge in [-0.15, -0.1) is 0 Å². The zero-order valence-corrected chi connectivity index (χ0v) is 13.0. The van der Waals surface area contributed by atoms with E-state index in [1.54, 1.807) is 13.8 Å². The van der Waals surface area contributed by atoms with E-state index in [1.165, 1.54) is 30.3 Å². The predicted molar refractivity (Wildman–Crippen MR) is 82.5 cm³/mol. The number of nitrogens with one attached hydrogen (secondary N) is 1. The number of sulfonamides is 1. The Kier molecular flexibility index (Phi) is 4.11. The van der Waals surface area contributed by atoms with Crippen molar-refractivity contribution in [3.63, 3.8) is 0 Å². The Balaban J connectivity index is 2.48. The van der Waals surface area contributed by atoms with Crippen LogP contribution in [0, 0.1) is 19.7 Å². The van der Waals surface area contributed by atoms with E-state index in [1.807, 2.05) is 0 Å². The standard InChI is InChI=1S/C14H14ClFN2O2S/c1-8-5-11(16)3-4-13(8)18-21(19,20)14-7-10(15)6-12(17)9(14)2/h3-7,18H,17H2,1-2H3. The fraction of sp³-hybridized carbons (Fsp3) is 0.143. The van der Waals surface area contributed by atoms with Crippen LogP contribution in [0.15, 0.2) is 35.2 Å². The molecule has 3 N–H and O–H groups in total. The monoisotopic (exact) mass is 328 g/mol. The molecule has 7 heteroatoms. The van der Waals surface area contributed by atoms with Crippen LogP contribution in [-0.4, -0.2) is 8.42 Å². The number of anilines is 2. The highest BCUT2D eigenvalue weighted by molar-refractivity contribution is 7.92. The zero-order valence-electron chi connectivity index (χ0n) is 11.4. The van der Waals surface area contributed by atoms with Crippen molar-refractivity contribution in [3.8, 4) is 0 Å². The van der Waals surface area contributed by atoms with Crippen molar-refractivity contribution in [1.29, 1.82) is 0 Å². The molecule has 0 aliphatic carbocycles. The Morgan fingerprint density at radius 3 is 2.48 bits per heavy atom. The molecule has 2 rings (SSSR count). The van der Waals surface area contributed by atoms with Crippen LogP contribution in [0.5, 0.6) is 0 Å². The molecule has 0 atom stereocenters. The topological polar surface area (TPSA) is 72.2 Å². The Morgan fingerprint density at radius 1 is 1.19 bits per heavy atom. The molecule has 21 heavy (non-hydrogen) atoms. The summed E-state index contributed by atoms with van der Waals surface area (Å²) in [6.45, 7) is 3.21. The highest BCUT2D eigenvalue weighted by Crippen LogP contribution is 2.28. The normalized spacial score (nSPS) is 11.4. The SMILES string of the molecule is Cc1cc(F)ccc1NS(=O)(=O)c1cc(Cl)cc(N)c1C. The van der Waals surface area contributed by atoms with Crippen molar-refractivity contribution in [3.05, 3.63) is 52.3 Å². The summed E-state index contributed by atoms with van der Waals surface area (Å²) < 4.78 is 40.4. The summed E-state index contributed by atoms with van der Waals surface area (Å²) in [5, 5.41) is 0.231. The Labute approximate surface area is 127 Å². The van der Waals surface area contributed by atoms with Crippen LogP contribution in [0.1, 0.15) is 11.1 Å². The Bertz CT molecular complexity index is 807. The predicted octanol–water partition coefficient (Wildman–Crippen LogP) is 3.48. The molecule has 0 aliphatic heterocycles. The summed E-state index contributed by atoms with van der Waals surface area (Å²) in [7, 11) is -3.86. The summed E-state index contributed by atoms with van der Waals surface area (Å²) in [5.41, 5.74) is 7.21. The number of benzene rings is 2. The molecule has 0 spiro atoms. The molecule has 0 saturated heterocycles. The number of hydrogen-bond acceptors (Lipinski definition) is 3. The van der Waals surface area contributed by atoms with Crippen LogP contribution in [-0.2, 0) is 10.0 Å². The van der Waals surface area contributed by atoms with Crippen LogP contribution in [0.25, 0.3) is 0 Å². The lowest BCUT2D eigenvalue weighted by molar-refractivity contribution is 0.600. The molecular formula is C14H14ClFN2O2S. The first-order chi connectivity index (χ1) is 9.70. The van der Waals surface area contributed by atoms with E-state index < -0.39 is 15.8 Å². The van der Waals surface area contributed by atoms with Crippen LogP contribution in [0.2, 0.25) is 5.02 Å². The first-order valence-electron chi connectivity index (χ1n) is 6.05. The van der Waals surface area contributed by atoms with E-state index in [9.17, 15) is 12.8 Å². The number of hydrogen-bond donors (Lipinski definition) is 2. The largest absolute Gasteiger partial charge is 0.398 e. The molecule has 2 aromatic carbocycles. The van der Waals surface area contributed by atoms with Gasteiger partial charge in [0.1, 0.15) is 5.82 Å². The molecule has 0 unspecified atom stereocenters. The summed E-state index contributed by atoms with van der Waals surface area (Å²) >= 11 is 5.86. The fourth-order valence-corrected chi connectivity index (χ4v) is 3.62. The first kappa shape index (κ1) is 15.6. The van der Waals surface area contributed by atoms with Crippen LogP contribution < -0.4 is 10.5 Å². The van der Waals surface area contributed by atoms with Gasteiger partial charge in [-0.1, -0.05) is 11.6 Å². The molecule has 0 bridgehead atoms. The molecule has 0 heterocycles. The van der Waals surface area contributed by atoms with Crippen molar-refractivity contribution in [2.75, 3.05) is 10.5 Å². The van der Waals surface area contributed by atoms with Crippen LogP contribution in [0.3, 0.4) is 0 Å². The number of aryl methyl sites for hydroxylation is 1. The van der Waals surface area contributed by atoms with Gasteiger partial charge < -0.3 is 5.73 Å². The first-order valence-corrected chi connectivity index (χ1v) is 7.91. The quantitative estimate of drug-likeness (QED) is 0.847. The second kappa shape index (κ2) is 5.54.